The first-order valence-corrected chi connectivity index (χ1v) is 6.24. The average molecular weight is 220 g/mol. The highest BCUT2D eigenvalue weighted by Gasteiger charge is 2.27. The Morgan fingerprint density at radius 3 is 2.86 bits per heavy atom. The van der Waals surface area contributed by atoms with E-state index in [1.165, 1.54) is 4.31 Å². The van der Waals surface area contributed by atoms with Crippen molar-refractivity contribution in [3.63, 3.8) is 0 Å². The van der Waals surface area contributed by atoms with Crippen LogP contribution in [0, 0.1) is 5.92 Å². The van der Waals surface area contributed by atoms with Gasteiger partial charge in [0.25, 0.3) is 10.2 Å². The number of rotatable bonds is 4. The lowest BCUT2D eigenvalue weighted by atomic mass is 10.0. The van der Waals surface area contributed by atoms with Crippen molar-refractivity contribution in [1.29, 1.82) is 0 Å². The molecule has 1 saturated heterocycles. The van der Waals surface area contributed by atoms with Crippen molar-refractivity contribution in [2.24, 2.45) is 5.92 Å². The summed E-state index contributed by atoms with van der Waals surface area (Å²) < 4.78 is 26.9. The Kier molecular flexibility index (Phi) is 4.03. The van der Waals surface area contributed by atoms with Crippen LogP contribution < -0.4 is 4.72 Å². The number of carbonyl (C=O) groups excluding carboxylic acids is 1. The minimum atomic E-state index is -3.35. The molecule has 6 heteroatoms. The third kappa shape index (κ3) is 2.76. The molecule has 0 amide bonds. The Morgan fingerprint density at radius 1 is 1.57 bits per heavy atom. The number of piperidine rings is 1. The van der Waals surface area contributed by atoms with Crippen LogP contribution in [0.25, 0.3) is 0 Å². The lowest BCUT2D eigenvalue weighted by Gasteiger charge is -2.29. The summed E-state index contributed by atoms with van der Waals surface area (Å²) in [5.74, 6) is -0.141. The van der Waals surface area contributed by atoms with Crippen molar-refractivity contribution in [3.8, 4) is 0 Å². The third-order valence-electron chi connectivity index (χ3n) is 2.28. The fourth-order valence-corrected chi connectivity index (χ4v) is 2.88. The highest BCUT2D eigenvalue weighted by molar-refractivity contribution is 7.87. The van der Waals surface area contributed by atoms with Crippen LogP contribution in [-0.4, -0.2) is 38.6 Å². The Hall–Kier alpha value is -0.460. The van der Waals surface area contributed by atoms with E-state index in [4.69, 9.17) is 0 Å². The first-order valence-electron chi connectivity index (χ1n) is 4.80. The van der Waals surface area contributed by atoms with Gasteiger partial charge in [-0.3, -0.25) is 0 Å². The van der Waals surface area contributed by atoms with Crippen molar-refractivity contribution in [2.45, 2.75) is 19.8 Å². The molecule has 0 spiro atoms. The van der Waals surface area contributed by atoms with Gasteiger partial charge in [0.15, 0.2) is 0 Å². The summed E-state index contributed by atoms with van der Waals surface area (Å²) in [5, 5.41) is 0. The molecule has 1 fully saturated rings. The minimum absolute atomic E-state index is 0.141. The van der Waals surface area contributed by atoms with Crippen LogP contribution >= 0.6 is 0 Å². The van der Waals surface area contributed by atoms with Crippen LogP contribution in [-0.2, 0) is 15.0 Å². The second kappa shape index (κ2) is 4.86. The Labute approximate surface area is 84.7 Å². The molecule has 5 nitrogen and oxygen atoms in total. The summed E-state index contributed by atoms with van der Waals surface area (Å²) in [5.41, 5.74) is 0. The molecule has 14 heavy (non-hydrogen) atoms. The minimum Gasteiger partial charge on any atom is -0.303 e. The molecular weight excluding hydrogens is 204 g/mol. The van der Waals surface area contributed by atoms with Gasteiger partial charge in [0.2, 0.25) is 0 Å². The summed E-state index contributed by atoms with van der Waals surface area (Å²) in [6.07, 6.45) is 2.39. The second-order valence-electron chi connectivity index (χ2n) is 3.40. The van der Waals surface area contributed by atoms with E-state index in [9.17, 15) is 13.2 Å². The summed E-state index contributed by atoms with van der Waals surface area (Å²) in [4.78, 5) is 10.5. The van der Waals surface area contributed by atoms with Gasteiger partial charge in [-0.1, -0.05) is 6.92 Å². The van der Waals surface area contributed by atoms with Gasteiger partial charge in [-0.2, -0.15) is 12.7 Å². The summed E-state index contributed by atoms with van der Waals surface area (Å²) in [6, 6.07) is 0. The summed E-state index contributed by atoms with van der Waals surface area (Å²) >= 11 is 0. The van der Waals surface area contributed by atoms with Crippen molar-refractivity contribution in [2.75, 3.05) is 19.6 Å². The predicted octanol–water partition coefficient (Wildman–Crippen LogP) is -0.248. The maximum absolute atomic E-state index is 11.5. The fraction of sp³-hybridized carbons (Fsp3) is 0.875. The van der Waals surface area contributed by atoms with Gasteiger partial charge in [0.1, 0.15) is 6.29 Å². The fourth-order valence-electron chi connectivity index (χ4n) is 1.58. The predicted molar refractivity (Wildman–Crippen MR) is 53.0 cm³/mol. The van der Waals surface area contributed by atoms with E-state index < -0.39 is 10.2 Å². The molecular formula is C8H16N2O3S. The molecule has 0 aromatic carbocycles. The SMILES string of the molecule is CCNS(=O)(=O)N1CCCC(C=O)C1. The molecule has 0 saturated carbocycles. The van der Waals surface area contributed by atoms with E-state index in [2.05, 4.69) is 4.72 Å². The Bertz CT molecular complexity index is 289. The van der Waals surface area contributed by atoms with Crippen LogP contribution in [0.1, 0.15) is 19.8 Å². The molecule has 0 bridgehead atoms. The largest absolute Gasteiger partial charge is 0.303 e. The molecule has 0 radical (unpaired) electrons. The van der Waals surface area contributed by atoms with Crippen LogP contribution in [0.4, 0.5) is 0 Å². The van der Waals surface area contributed by atoms with Crippen LogP contribution in [0.5, 0.6) is 0 Å². The third-order valence-corrected chi connectivity index (χ3v) is 3.94. The maximum Gasteiger partial charge on any atom is 0.279 e. The van der Waals surface area contributed by atoms with E-state index in [0.717, 1.165) is 19.1 Å². The summed E-state index contributed by atoms with van der Waals surface area (Å²) in [7, 11) is -3.35. The number of nitrogens with zero attached hydrogens (tertiary/aromatic N) is 1. The zero-order valence-corrected chi connectivity index (χ0v) is 9.09. The van der Waals surface area contributed by atoms with Crippen molar-refractivity contribution in [3.05, 3.63) is 0 Å². The maximum atomic E-state index is 11.5. The molecule has 0 aromatic heterocycles. The first kappa shape index (κ1) is 11.6. The normalized spacial score (nSPS) is 24.8. The van der Waals surface area contributed by atoms with Gasteiger partial charge in [-0.05, 0) is 12.8 Å². The first-order chi connectivity index (χ1) is 6.60. The molecule has 82 valence electrons. The van der Waals surface area contributed by atoms with Crippen LogP contribution in [0.2, 0.25) is 0 Å². The van der Waals surface area contributed by atoms with Crippen LogP contribution in [0.3, 0.4) is 0 Å². The van der Waals surface area contributed by atoms with Crippen molar-refractivity contribution in [1.82, 2.24) is 9.03 Å². The number of aldehydes is 1. The molecule has 1 rings (SSSR count). The molecule has 0 aliphatic carbocycles. The zero-order valence-electron chi connectivity index (χ0n) is 8.27. The Morgan fingerprint density at radius 2 is 2.29 bits per heavy atom. The van der Waals surface area contributed by atoms with E-state index in [-0.39, 0.29) is 5.92 Å². The molecule has 1 aliphatic heterocycles. The van der Waals surface area contributed by atoms with Gasteiger partial charge in [-0.15, -0.1) is 0 Å². The van der Waals surface area contributed by atoms with E-state index in [1.54, 1.807) is 6.92 Å². The monoisotopic (exact) mass is 220 g/mol. The number of hydrogen-bond acceptors (Lipinski definition) is 3. The topological polar surface area (TPSA) is 66.5 Å². The van der Waals surface area contributed by atoms with Gasteiger partial charge >= 0.3 is 0 Å². The standard InChI is InChI=1S/C8H16N2O3S/c1-2-9-14(12,13)10-5-3-4-8(6-10)7-11/h7-9H,2-6H2,1H3. The number of hydrogen-bond donors (Lipinski definition) is 1. The Balaban J connectivity index is 2.64. The molecule has 1 aliphatic rings. The second-order valence-corrected chi connectivity index (χ2v) is 5.15. The molecule has 0 aromatic rings. The quantitative estimate of drug-likeness (QED) is 0.664. The number of carbonyl (C=O) groups is 1. The molecule has 1 heterocycles. The van der Waals surface area contributed by atoms with Crippen molar-refractivity contribution < 1.29 is 13.2 Å². The van der Waals surface area contributed by atoms with E-state index >= 15 is 0 Å². The van der Waals surface area contributed by atoms with E-state index in [1.807, 2.05) is 0 Å². The van der Waals surface area contributed by atoms with Crippen molar-refractivity contribution >= 4 is 16.5 Å². The summed E-state index contributed by atoms with van der Waals surface area (Å²) in [6.45, 7) is 2.95. The molecule has 1 unspecified atom stereocenters. The smallest absolute Gasteiger partial charge is 0.279 e. The van der Waals surface area contributed by atoms with E-state index in [0.29, 0.717) is 19.6 Å². The average Bonchev–Trinajstić information content (AvgIpc) is 2.18. The van der Waals surface area contributed by atoms with Gasteiger partial charge < -0.3 is 4.79 Å². The lowest BCUT2D eigenvalue weighted by molar-refractivity contribution is -0.112. The van der Waals surface area contributed by atoms with Gasteiger partial charge in [0.05, 0.1) is 0 Å². The molecule has 1 atom stereocenters. The molecule has 1 N–H and O–H groups in total. The van der Waals surface area contributed by atoms with Crippen LogP contribution in [0.15, 0.2) is 0 Å². The number of nitrogens with one attached hydrogen (secondary N) is 1. The lowest BCUT2D eigenvalue weighted by Crippen LogP contribution is -2.46. The highest BCUT2D eigenvalue weighted by Crippen LogP contribution is 2.16. The zero-order chi connectivity index (χ0) is 10.6. The van der Waals surface area contributed by atoms with Gasteiger partial charge in [0, 0.05) is 25.6 Å². The van der Waals surface area contributed by atoms with Gasteiger partial charge in [-0.25, -0.2) is 4.72 Å². The highest BCUT2D eigenvalue weighted by atomic mass is 32.2.